The SMILES string of the molecule is CCC(C)N(CC)C(C)CNCCOC. The summed E-state index contributed by atoms with van der Waals surface area (Å²) in [6.07, 6.45) is 1.22. The lowest BCUT2D eigenvalue weighted by Gasteiger charge is -2.33. The van der Waals surface area contributed by atoms with Gasteiger partial charge in [-0.3, -0.25) is 4.90 Å². The van der Waals surface area contributed by atoms with E-state index in [1.54, 1.807) is 7.11 Å². The average molecular weight is 216 g/mol. The van der Waals surface area contributed by atoms with Gasteiger partial charge >= 0.3 is 0 Å². The molecule has 0 rings (SSSR count). The Morgan fingerprint density at radius 1 is 1.20 bits per heavy atom. The molecule has 0 amide bonds. The molecule has 0 saturated heterocycles. The van der Waals surface area contributed by atoms with E-state index < -0.39 is 0 Å². The molecule has 0 spiro atoms. The summed E-state index contributed by atoms with van der Waals surface area (Å²) in [7, 11) is 1.74. The van der Waals surface area contributed by atoms with Gasteiger partial charge in [0.2, 0.25) is 0 Å². The monoisotopic (exact) mass is 216 g/mol. The molecular weight excluding hydrogens is 188 g/mol. The smallest absolute Gasteiger partial charge is 0.0587 e. The van der Waals surface area contributed by atoms with Gasteiger partial charge in [-0.05, 0) is 26.8 Å². The molecule has 0 saturated carbocycles. The lowest BCUT2D eigenvalue weighted by Crippen LogP contribution is -2.45. The predicted octanol–water partition coefficient (Wildman–Crippen LogP) is 1.73. The highest BCUT2D eigenvalue weighted by Crippen LogP contribution is 2.07. The minimum Gasteiger partial charge on any atom is -0.383 e. The Morgan fingerprint density at radius 2 is 1.87 bits per heavy atom. The molecule has 0 radical (unpaired) electrons. The number of ether oxygens (including phenoxy) is 1. The largest absolute Gasteiger partial charge is 0.383 e. The van der Waals surface area contributed by atoms with Gasteiger partial charge in [0.15, 0.2) is 0 Å². The Morgan fingerprint density at radius 3 is 2.33 bits per heavy atom. The summed E-state index contributed by atoms with van der Waals surface area (Å²) in [6, 6.07) is 1.27. The molecule has 0 heterocycles. The summed E-state index contributed by atoms with van der Waals surface area (Å²) in [5, 5.41) is 3.41. The fourth-order valence-corrected chi connectivity index (χ4v) is 1.89. The maximum atomic E-state index is 5.00. The fourth-order valence-electron chi connectivity index (χ4n) is 1.89. The third-order valence-corrected chi connectivity index (χ3v) is 3.01. The van der Waals surface area contributed by atoms with E-state index in [1.807, 2.05) is 0 Å². The van der Waals surface area contributed by atoms with Crippen LogP contribution in [0.1, 0.15) is 34.1 Å². The number of methoxy groups -OCH3 is 1. The quantitative estimate of drug-likeness (QED) is 0.594. The first kappa shape index (κ1) is 14.9. The molecule has 0 aliphatic heterocycles. The van der Waals surface area contributed by atoms with Gasteiger partial charge in [0, 0.05) is 32.3 Å². The zero-order valence-electron chi connectivity index (χ0n) is 11.0. The van der Waals surface area contributed by atoms with Crippen molar-refractivity contribution in [1.29, 1.82) is 0 Å². The number of hydrogen-bond donors (Lipinski definition) is 1. The summed E-state index contributed by atoms with van der Waals surface area (Å²) in [5.74, 6) is 0. The second kappa shape index (κ2) is 9.13. The molecule has 0 aliphatic carbocycles. The van der Waals surface area contributed by atoms with Crippen molar-refractivity contribution in [2.24, 2.45) is 0 Å². The molecule has 2 atom stereocenters. The van der Waals surface area contributed by atoms with Crippen LogP contribution < -0.4 is 5.32 Å². The standard InChI is InChI=1S/C12H28N2O/c1-6-11(3)14(7-2)12(4)10-13-8-9-15-5/h11-13H,6-10H2,1-5H3. The van der Waals surface area contributed by atoms with Crippen LogP contribution in [-0.4, -0.2) is 50.3 Å². The van der Waals surface area contributed by atoms with Gasteiger partial charge in [-0.2, -0.15) is 0 Å². The van der Waals surface area contributed by atoms with Gasteiger partial charge in [0.05, 0.1) is 6.61 Å². The maximum Gasteiger partial charge on any atom is 0.0587 e. The molecule has 0 aromatic rings. The van der Waals surface area contributed by atoms with E-state index in [9.17, 15) is 0 Å². The van der Waals surface area contributed by atoms with Crippen molar-refractivity contribution in [1.82, 2.24) is 10.2 Å². The highest BCUT2D eigenvalue weighted by Gasteiger charge is 2.16. The topological polar surface area (TPSA) is 24.5 Å². The van der Waals surface area contributed by atoms with Crippen LogP contribution in [0.3, 0.4) is 0 Å². The van der Waals surface area contributed by atoms with Gasteiger partial charge < -0.3 is 10.1 Å². The van der Waals surface area contributed by atoms with Crippen molar-refractivity contribution in [2.75, 3.05) is 33.4 Å². The number of nitrogens with zero attached hydrogens (tertiary/aromatic N) is 1. The Hall–Kier alpha value is -0.120. The summed E-state index contributed by atoms with van der Waals surface area (Å²) in [6.45, 7) is 13.0. The van der Waals surface area contributed by atoms with E-state index in [1.165, 1.54) is 6.42 Å². The third-order valence-electron chi connectivity index (χ3n) is 3.01. The van der Waals surface area contributed by atoms with E-state index in [2.05, 4.69) is 37.9 Å². The molecule has 2 unspecified atom stereocenters. The van der Waals surface area contributed by atoms with E-state index in [0.717, 1.165) is 26.2 Å². The van der Waals surface area contributed by atoms with Gasteiger partial charge in [0.1, 0.15) is 0 Å². The van der Waals surface area contributed by atoms with Crippen molar-refractivity contribution in [3.05, 3.63) is 0 Å². The third kappa shape index (κ3) is 6.13. The van der Waals surface area contributed by atoms with Crippen molar-refractivity contribution < 1.29 is 4.74 Å². The molecule has 92 valence electrons. The van der Waals surface area contributed by atoms with Gasteiger partial charge in [-0.25, -0.2) is 0 Å². The van der Waals surface area contributed by atoms with Crippen molar-refractivity contribution in [2.45, 2.75) is 46.2 Å². The molecule has 1 N–H and O–H groups in total. The molecule has 0 aromatic heterocycles. The first-order chi connectivity index (χ1) is 7.17. The molecule has 3 nitrogen and oxygen atoms in total. The summed E-state index contributed by atoms with van der Waals surface area (Å²) in [5.41, 5.74) is 0. The Balaban J connectivity index is 3.77. The fraction of sp³-hybridized carbons (Fsp3) is 1.00. The van der Waals surface area contributed by atoms with E-state index in [0.29, 0.717) is 12.1 Å². The van der Waals surface area contributed by atoms with Crippen LogP contribution in [0.15, 0.2) is 0 Å². The minimum atomic E-state index is 0.599. The first-order valence-corrected chi connectivity index (χ1v) is 6.12. The zero-order chi connectivity index (χ0) is 11.7. The summed E-state index contributed by atoms with van der Waals surface area (Å²) in [4.78, 5) is 2.54. The van der Waals surface area contributed by atoms with Crippen molar-refractivity contribution >= 4 is 0 Å². The van der Waals surface area contributed by atoms with Gasteiger partial charge in [0.25, 0.3) is 0 Å². The maximum absolute atomic E-state index is 5.00. The lowest BCUT2D eigenvalue weighted by molar-refractivity contribution is 0.150. The van der Waals surface area contributed by atoms with Gasteiger partial charge in [-0.15, -0.1) is 0 Å². The molecule has 0 aliphatic rings. The van der Waals surface area contributed by atoms with Crippen LogP contribution in [0, 0.1) is 0 Å². The van der Waals surface area contributed by atoms with E-state index in [4.69, 9.17) is 4.74 Å². The second-order valence-electron chi connectivity index (χ2n) is 4.13. The Kier molecular flexibility index (Phi) is 9.06. The number of nitrogens with one attached hydrogen (secondary N) is 1. The van der Waals surface area contributed by atoms with Crippen LogP contribution >= 0.6 is 0 Å². The van der Waals surface area contributed by atoms with Crippen LogP contribution in [-0.2, 0) is 4.74 Å². The normalized spacial score (nSPS) is 15.6. The number of hydrogen-bond acceptors (Lipinski definition) is 3. The lowest BCUT2D eigenvalue weighted by atomic mass is 10.1. The second-order valence-corrected chi connectivity index (χ2v) is 4.13. The first-order valence-electron chi connectivity index (χ1n) is 6.12. The molecule has 0 aromatic carbocycles. The Labute approximate surface area is 95.2 Å². The minimum absolute atomic E-state index is 0.599. The number of likely N-dealkylation sites (N-methyl/N-ethyl adjacent to an activating group) is 1. The molecule has 0 fully saturated rings. The Bertz CT molecular complexity index is 142. The van der Waals surface area contributed by atoms with Gasteiger partial charge in [-0.1, -0.05) is 13.8 Å². The van der Waals surface area contributed by atoms with Crippen LogP contribution in [0.5, 0.6) is 0 Å². The highest BCUT2D eigenvalue weighted by atomic mass is 16.5. The summed E-state index contributed by atoms with van der Waals surface area (Å²) >= 11 is 0. The zero-order valence-corrected chi connectivity index (χ0v) is 11.0. The number of rotatable bonds is 9. The van der Waals surface area contributed by atoms with Crippen molar-refractivity contribution in [3.8, 4) is 0 Å². The van der Waals surface area contributed by atoms with E-state index >= 15 is 0 Å². The van der Waals surface area contributed by atoms with E-state index in [-0.39, 0.29) is 0 Å². The van der Waals surface area contributed by atoms with Crippen molar-refractivity contribution in [3.63, 3.8) is 0 Å². The summed E-state index contributed by atoms with van der Waals surface area (Å²) < 4.78 is 5.00. The highest BCUT2D eigenvalue weighted by molar-refractivity contribution is 4.73. The van der Waals surface area contributed by atoms with Crippen LogP contribution in [0.2, 0.25) is 0 Å². The van der Waals surface area contributed by atoms with Crippen LogP contribution in [0.4, 0.5) is 0 Å². The van der Waals surface area contributed by atoms with Crippen LogP contribution in [0.25, 0.3) is 0 Å². The molecule has 0 bridgehead atoms. The molecule has 15 heavy (non-hydrogen) atoms. The molecular formula is C12H28N2O. The molecule has 3 heteroatoms. The average Bonchev–Trinajstić information content (AvgIpc) is 2.25. The predicted molar refractivity (Wildman–Crippen MR) is 66.3 cm³/mol.